The number of carbonyl (C=O) groups is 2. The molecule has 0 spiro atoms. The van der Waals surface area contributed by atoms with Crippen LogP contribution in [-0.4, -0.2) is 22.9 Å². The number of esters is 1. The summed E-state index contributed by atoms with van der Waals surface area (Å²) < 4.78 is 7.15. The van der Waals surface area contributed by atoms with Gasteiger partial charge in [0.25, 0.3) is 0 Å². The first kappa shape index (κ1) is 16.6. The third-order valence-corrected chi connectivity index (χ3v) is 5.18. The zero-order valence-corrected chi connectivity index (χ0v) is 14.9. The van der Waals surface area contributed by atoms with Crippen molar-refractivity contribution in [3.05, 3.63) is 45.2 Å². The molecule has 1 aromatic heterocycles. The highest BCUT2D eigenvalue weighted by atomic mass is 32.1. The van der Waals surface area contributed by atoms with Gasteiger partial charge in [-0.05, 0) is 51.0 Å². The van der Waals surface area contributed by atoms with Gasteiger partial charge in [0.2, 0.25) is 0 Å². The Bertz CT molecular complexity index is 842. The third-order valence-electron chi connectivity index (χ3n) is 3.92. The fourth-order valence-corrected chi connectivity index (χ4v) is 3.74. The molecule has 24 heavy (non-hydrogen) atoms. The van der Waals surface area contributed by atoms with Gasteiger partial charge in [0, 0.05) is 18.7 Å². The molecule has 0 radical (unpaired) electrons. The van der Waals surface area contributed by atoms with E-state index in [1.54, 1.807) is 38.1 Å². The second kappa shape index (κ2) is 6.73. The molecule has 0 amide bonds. The highest BCUT2D eigenvalue weighted by Gasteiger charge is 2.28. The van der Waals surface area contributed by atoms with Crippen molar-refractivity contribution in [2.45, 2.75) is 39.7 Å². The molecule has 1 aromatic carbocycles. The summed E-state index contributed by atoms with van der Waals surface area (Å²) in [4.78, 5) is 29.8. The molecule has 2 aromatic rings. The molecular formula is C18H20N2O3S. The molecule has 0 saturated heterocycles. The Morgan fingerprint density at radius 3 is 2.50 bits per heavy atom. The number of carbonyl (C=O) groups excluding carboxylic acids is 2. The average molecular weight is 344 g/mol. The Morgan fingerprint density at radius 2 is 1.96 bits per heavy atom. The second-order valence-corrected chi connectivity index (χ2v) is 6.81. The summed E-state index contributed by atoms with van der Waals surface area (Å²) >= 11 is 1.43. The Hall–Kier alpha value is -2.21. The molecular weight excluding hydrogens is 324 g/mol. The maximum atomic E-state index is 11.8. The maximum absolute atomic E-state index is 11.8. The van der Waals surface area contributed by atoms with Crippen LogP contribution < -0.4 is 4.80 Å². The lowest BCUT2D eigenvalue weighted by Gasteiger charge is -2.04. The number of Topliss-reactive ketones (excluding diaryl/α,β-unsaturated/α-hetero) is 1. The van der Waals surface area contributed by atoms with E-state index in [0.29, 0.717) is 18.2 Å². The van der Waals surface area contributed by atoms with Gasteiger partial charge in [0.1, 0.15) is 0 Å². The summed E-state index contributed by atoms with van der Waals surface area (Å²) in [5.74, 6) is -0.256. The average Bonchev–Trinajstić information content (AvgIpc) is 3.32. The molecule has 1 aliphatic rings. The van der Waals surface area contributed by atoms with Gasteiger partial charge in [-0.1, -0.05) is 11.3 Å². The molecule has 1 saturated carbocycles. The Morgan fingerprint density at radius 1 is 1.29 bits per heavy atom. The summed E-state index contributed by atoms with van der Waals surface area (Å²) in [7, 11) is 0. The minimum absolute atomic E-state index is 0.0750. The molecule has 5 nitrogen and oxygen atoms in total. The summed E-state index contributed by atoms with van der Waals surface area (Å²) in [5, 5.41) is 0. The Labute approximate surface area is 144 Å². The molecule has 1 fully saturated rings. The molecule has 0 bridgehead atoms. The number of hydrogen-bond acceptors (Lipinski definition) is 5. The van der Waals surface area contributed by atoms with E-state index in [-0.39, 0.29) is 11.8 Å². The van der Waals surface area contributed by atoms with Gasteiger partial charge in [-0.3, -0.25) is 4.79 Å². The van der Waals surface area contributed by atoms with Crippen LogP contribution in [0.4, 0.5) is 5.69 Å². The highest BCUT2D eigenvalue weighted by Crippen LogP contribution is 2.36. The molecule has 0 unspecified atom stereocenters. The van der Waals surface area contributed by atoms with E-state index in [0.717, 1.165) is 33.9 Å². The van der Waals surface area contributed by atoms with Crippen molar-refractivity contribution in [3.8, 4) is 0 Å². The van der Waals surface area contributed by atoms with Crippen LogP contribution in [0, 0.1) is 6.92 Å². The van der Waals surface area contributed by atoms with Crippen LogP contribution in [0.1, 0.15) is 58.5 Å². The van der Waals surface area contributed by atoms with Gasteiger partial charge in [0.15, 0.2) is 10.6 Å². The van der Waals surface area contributed by atoms with Crippen molar-refractivity contribution >= 4 is 28.8 Å². The summed E-state index contributed by atoms with van der Waals surface area (Å²) in [6, 6.07) is 7.47. The van der Waals surface area contributed by atoms with Crippen LogP contribution >= 0.6 is 11.3 Å². The van der Waals surface area contributed by atoms with Gasteiger partial charge in [-0.2, -0.15) is 0 Å². The van der Waals surface area contributed by atoms with Crippen molar-refractivity contribution in [2.75, 3.05) is 6.61 Å². The number of ether oxygens (including phenoxy) is 1. The predicted octanol–water partition coefficient (Wildman–Crippen LogP) is 3.80. The quantitative estimate of drug-likeness (QED) is 0.612. The lowest BCUT2D eigenvalue weighted by Crippen LogP contribution is -2.14. The monoisotopic (exact) mass is 344 g/mol. The van der Waals surface area contributed by atoms with Crippen molar-refractivity contribution < 1.29 is 14.3 Å². The van der Waals surface area contributed by atoms with Gasteiger partial charge in [0.05, 0.1) is 22.7 Å². The van der Waals surface area contributed by atoms with Crippen LogP contribution in [0.5, 0.6) is 0 Å². The first-order chi connectivity index (χ1) is 11.5. The van der Waals surface area contributed by atoms with Gasteiger partial charge in [-0.15, -0.1) is 0 Å². The predicted molar refractivity (Wildman–Crippen MR) is 92.9 cm³/mol. The molecule has 0 aliphatic heterocycles. The lowest BCUT2D eigenvalue weighted by molar-refractivity contribution is 0.0526. The highest BCUT2D eigenvalue weighted by molar-refractivity contribution is 7.11. The van der Waals surface area contributed by atoms with Gasteiger partial charge in [-0.25, -0.2) is 9.79 Å². The summed E-state index contributed by atoms with van der Waals surface area (Å²) in [6.45, 7) is 5.71. The molecule has 1 aliphatic carbocycles. The van der Waals surface area contributed by atoms with Crippen LogP contribution in [0.25, 0.3) is 0 Å². The van der Waals surface area contributed by atoms with E-state index in [1.807, 2.05) is 6.92 Å². The SMILES string of the molecule is CCOC(=O)c1ccc(/N=c2\sc(C(C)=O)c(C)n2C2CC2)cc1. The van der Waals surface area contributed by atoms with E-state index in [2.05, 4.69) is 9.56 Å². The number of nitrogens with zero attached hydrogens (tertiary/aromatic N) is 2. The fraction of sp³-hybridized carbons (Fsp3) is 0.389. The molecule has 1 heterocycles. The van der Waals surface area contributed by atoms with E-state index in [1.165, 1.54) is 11.3 Å². The third kappa shape index (κ3) is 3.33. The van der Waals surface area contributed by atoms with E-state index >= 15 is 0 Å². The number of ketones is 1. The number of rotatable bonds is 5. The molecule has 126 valence electrons. The smallest absolute Gasteiger partial charge is 0.338 e. The lowest BCUT2D eigenvalue weighted by atomic mass is 10.2. The van der Waals surface area contributed by atoms with Crippen molar-refractivity contribution in [1.82, 2.24) is 4.57 Å². The fourth-order valence-electron chi connectivity index (χ4n) is 2.63. The van der Waals surface area contributed by atoms with Gasteiger partial charge < -0.3 is 9.30 Å². The molecule has 0 N–H and O–H groups in total. The summed E-state index contributed by atoms with van der Waals surface area (Å²) in [6.07, 6.45) is 2.26. The maximum Gasteiger partial charge on any atom is 0.338 e. The first-order valence-electron chi connectivity index (χ1n) is 8.06. The van der Waals surface area contributed by atoms with Crippen molar-refractivity contribution in [1.29, 1.82) is 0 Å². The Kier molecular flexibility index (Phi) is 4.66. The van der Waals surface area contributed by atoms with E-state index < -0.39 is 0 Å². The van der Waals surface area contributed by atoms with Gasteiger partial charge >= 0.3 is 5.97 Å². The topological polar surface area (TPSA) is 60.7 Å². The van der Waals surface area contributed by atoms with Crippen LogP contribution in [-0.2, 0) is 4.74 Å². The zero-order valence-electron chi connectivity index (χ0n) is 14.0. The molecule has 3 rings (SSSR count). The molecule has 0 atom stereocenters. The number of aromatic nitrogens is 1. The summed E-state index contributed by atoms with van der Waals surface area (Å²) in [5.41, 5.74) is 2.27. The zero-order chi connectivity index (χ0) is 17.3. The number of thiazole rings is 1. The molecule has 6 heteroatoms. The number of hydrogen-bond donors (Lipinski definition) is 0. The van der Waals surface area contributed by atoms with Crippen molar-refractivity contribution in [2.24, 2.45) is 4.99 Å². The number of benzene rings is 1. The minimum atomic E-state index is -0.331. The van der Waals surface area contributed by atoms with E-state index in [9.17, 15) is 9.59 Å². The Balaban J connectivity index is 1.98. The standard InChI is InChI=1S/C18H20N2O3S/c1-4-23-17(22)13-5-7-14(8-6-13)19-18-20(15-9-10-15)11(2)16(24-18)12(3)21/h5-8,15H,4,9-10H2,1-3H3/b19-18-. The largest absolute Gasteiger partial charge is 0.462 e. The minimum Gasteiger partial charge on any atom is -0.462 e. The normalized spacial score (nSPS) is 14.7. The van der Waals surface area contributed by atoms with Crippen LogP contribution in [0.2, 0.25) is 0 Å². The van der Waals surface area contributed by atoms with Crippen LogP contribution in [0.3, 0.4) is 0 Å². The van der Waals surface area contributed by atoms with E-state index in [4.69, 9.17) is 4.74 Å². The first-order valence-corrected chi connectivity index (χ1v) is 8.87. The van der Waals surface area contributed by atoms with Crippen LogP contribution in [0.15, 0.2) is 29.3 Å². The second-order valence-electron chi connectivity index (χ2n) is 5.84. The van der Waals surface area contributed by atoms with Crippen molar-refractivity contribution in [3.63, 3.8) is 0 Å².